The monoisotopic (exact) mass is 474 g/mol. The van der Waals surface area contributed by atoms with Gasteiger partial charge in [0.1, 0.15) is 17.6 Å². The first-order chi connectivity index (χ1) is 17.1. The van der Waals surface area contributed by atoms with Crippen LogP contribution in [-0.4, -0.2) is 72.0 Å². The highest BCUT2D eigenvalue weighted by Gasteiger charge is 2.53. The minimum Gasteiger partial charge on any atom is -0.484 e. The molecule has 1 aromatic heterocycles. The van der Waals surface area contributed by atoms with Crippen LogP contribution >= 0.6 is 0 Å². The Morgan fingerprint density at radius 2 is 2.26 bits per heavy atom. The lowest BCUT2D eigenvalue weighted by Crippen LogP contribution is -2.69. The van der Waals surface area contributed by atoms with Gasteiger partial charge in [-0.15, -0.1) is 0 Å². The van der Waals surface area contributed by atoms with Gasteiger partial charge < -0.3 is 14.2 Å². The first-order valence-corrected chi connectivity index (χ1v) is 12.4. The first kappa shape index (κ1) is 22.4. The number of hydrogen-bond donors (Lipinski definition) is 1. The van der Waals surface area contributed by atoms with Crippen molar-refractivity contribution >= 4 is 22.8 Å². The Morgan fingerprint density at radius 1 is 1.34 bits per heavy atom. The van der Waals surface area contributed by atoms with Gasteiger partial charge in [-0.2, -0.15) is 10.4 Å². The van der Waals surface area contributed by atoms with Crippen molar-refractivity contribution in [2.45, 2.75) is 62.9 Å². The number of benzene rings is 1. The van der Waals surface area contributed by atoms with Crippen molar-refractivity contribution in [3.05, 3.63) is 35.5 Å². The first-order valence-electron chi connectivity index (χ1n) is 12.4. The molecule has 7 rings (SSSR count). The summed E-state index contributed by atoms with van der Waals surface area (Å²) < 4.78 is 17.8. The molecule has 2 aromatic rings. The molecule has 1 aliphatic carbocycles. The molecule has 182 valence electrons. The predicted octanol–water partition coefficient (Wildman–Crippen LogP) is 2.58. The molecule has 2 atom stereocenters. The Hall–Kier alpha value is -3.06. The highest BCUT2D eigenvalue weighted by molar-refractivity contribution is 6.32. The van der Waals surface area contributed by atoms with Crippen molar-refractivity contribution < 1.29 is 14.2 Å². The van der Waals surface area contributed by atoms with Gasteiger partial charge in [-0.25, -0.2) is 0 Å². The molecule has 0 amide bonds. The van der Waals surface area contributed by atoms with Crippen LogP contribution in [0.25, 0.3) is 10.9 Å². The van der Waals surface area contributed by atoms with E-state index in [1.807, 2.05) is 31.5 Å². The summed E-state index contributed by atoms with van der Waals surface area (Å²) in [7, 11) is 0. The Bertz CT molecular complexity index is 1220. The van der Waals surface area contributed by atoms with E-state index in [0.29, 0.717) is 32.9 Å². The molecule has 1 aromatic carbocycles. The zero-order valence-corrected chi connectivity index (χ0v) is 19.9. The van der Waals surface area contributed by atoms with E-state index in [-0.39, 0.29) is 23.7 Å². The van der Waals surface area contributed by atoms with E-state index in [1.165, 1.54) is 5.56 Å². The molecule has 2 bridgehead atoms. The molecule has 1 N–H and O–H groups in total. The summed E-state index contributed by atoms with van der Waals surface area (Å²) in [5.74, 6) is 0.782. The van der Waals surface area contributed by atoms with Crippen molar-refractivity contribution in [2.75, 3.05) is 26.5 Å². The van der Waals surface area contributed by atoms with Gasteiger partial charge in [0.2, 0.25) is 0 Å². The van der Waals surface area contributed by atoms with Crippen LogP contribution in [-0.2, 0) is 22.5 Å². The number of nitriles is 1. The molecule has 1 saturated heterocycles. The minimum atomic E-state index is -0.289. The number of pyridine rings is 1. The molecular formula is C26H30N6O3. The molecule has 4 aliphatic heterocycles. The van der Waals surface area contributed by atoms with Crippen LogP contribution in [0.15, 0.2) is 34.5 Å². The average Bonchev–Trinajstić information content (AvgIpc) is 2.86. The molecule has 9 nitrogen and oxygen atoms in total. The lowest BCUT2D eigenvalue weighted by Gasteiger charge is -2.57. The van der Waals surface area contributed by atoms with Gasteiger partial charge in [0.25, 0.3) is 0 Å². The summed E-state index contributed by atoms with van der Waals surface area (Å²) in [6.07, 6.45) is 6.67. The second-order valence-electron chi connectivity index (χ2n) is 9.92. The Labute approximate surface area is 204 Å². The number of hydrazone groups is 1. The molecule has 0 radical (unpaired) electrons. The molecule has 9 heteroatoms. The number of hydrogen-bond acceptors (Lipinski definition) is 9. The number of aliphatic imine (C=N–C) groups is 1. The number of nitrogens with one attached hydrogen (secondary N) is 1. The maximum Gasteiger partial charge on any atom is 0.141 e. The van der Waals surface area contributed by atoms with E-state index in [9.17, 15) is 5.26 Å². The molecule has 5 heterocycles. The van der Waals surface area contributed by atoms with Crippen LogP contribution in [0.4, 0.5) is 0 Å². The van der Waals surface area contributed by atoms with Gasteiger partial charge in [-0.3, -0.25) is 20.3 Å². The summed E-state index contributed by atoms with van der Waals surface area (Å²) in [5.41, 5.74) is 7.35. The lowest BCUT2D eigenvalue weighted by atomic mass is 9.70. The van der Waals surface area contributed by atoms with Gasteiger partial charge in [-0.05, 0) is 55.5 Å². The third kappa shape index (κ3) is 4.16. The zero-order chi connectivity index (χ0) is 23.8. The molecule has 1 saturated carbocycles. The standard InChI is InChI=1S/C26H30N6O3/c1-17(35-21-2-3-24-23(8-21)22-5-7-33-13-18(22)11-29-24)25-12-28-19-9-26(10-19)15-34-14-20(4-6-27)32(26)16-30-31-25/h2-3,8,11-12,17,19-20,30H,4-5,7,9-10,13-16H2,1H3/b28-12?,31-25+. The third-order valence-corrected chi connectivity index (χ3v) is 7.68. The van der Waals surface area contributed by atoms with Crippen molar-refractivity contribution in [3.63, 3.8) is 0 Å². The van der Waals surface area contributed by atoms with E-state index in [2.05, 4.69) is 32.5 Å². The normalized spacial score (nSPS) is 30.5. The number of morpholine rings is 1. The Kier molecular flexibility index (Phi) is 5.88. The Balaban J connectivity index is 1.21. The molecule has 5 aliphatic rings. The van der Waals surface area contributed by atoms with Crippen molar-refractivity contribution in [3.8, 4) is 11.8 Å². The fourth-order valence-electron chi connectivity index (χ4n) is 5.78. The van der Waals surface area contributed by atoms with Gasteiger partial charge in [0, 0.05) is 23.8 Å². The van der Waals surface area contributed by atoms with Crippen LogP contribution < -0.4 is 10.2 Å². The van der Waals surface area contributed by atoms with E-state index >= 15 is 0 Å². The summed E-state index contributed by atoms with van der Waals surface area (Å²) in [6.45, 7) is 5.17. The summed E-state index contributed by atoms with van der Waals surface area (Å²) in [6, 6.07) is 8.66. The number of nitrogens with zero attached hydrogens (tertiary/aromatic N) is 5. The Morgan fingerprint density at radius 3 is 3.14 bits per heavy atom. The topological polar surface area (TPSA) is 104 Å². The number of ether oxygens (including phenoxy) is 3. The fraction of sp³-hybridized carbons (Fsp3) is 0.538. The number of aromatic nitrogens is 1. The minimum absolute atomic E-state index is 0.0484. The van der Waals surface area contributed by atoms with E-state index in [1.54, 1.807) is 0 Å². The van der Waals surface area contributed by atoms with Crippen molar-refractivity contribution in [1.82, 2.24) is 15.3 Å². The van der Waals surface area contributed by atoms with E-state index < -0.39 is 0 Å². The molecule has 2 fully saturated rings. The smallest absolute Gasteiger partial charge is 0.141 e. The predicted molar refractivity (Wildman–Crippen MR) is 132 cm³/mol. The highest BCUT2D eigenvalue weighted by Crippen LogP contribution is 2.43. The van der Waals surface area contributed by atoms with E-state index in [4.69, 9.17) is 19.2 Å². The van der Waals surface area contributed by atoms with Crippen LogP contribution in [0.5, 0.6) is 5.75 Å². The molecule has 35 heavy (non-hydrogen) atoms. The molecular weight excluding hydrogens is 444 g/mol. The van der Waals surface area contributed by atoms with Crippen LogP contribution in [0.2, 0.25) is 0 Å². The van der Waals surface area contributed by atoms with Crippen LogP contribution in [0.1, 0.15) is 37.3 Å². The maximum atomic E-state index is 9.29. The largest absolute Gasteiger partial charge is 0.484 e. The van der Waals surface area contributed by atoms with Gasteiger partial charge >= 0.3 is 0 Å². The molecule has 2 unspecified atom stereocenters. The second kappa shape index (κ2) is 9.19. The van der Waals surface area contributed by atoms with Crippen molar-refractivity contribution in [2.24, 2.45) is 10.1 Å². The lowest BCUT2D eigenvalue weighted by molar-refractivity contribution is -0.145. The van der Waals surface area contributed by atoms with E-state index in [0.717, 1.165) is 53.8 Å². The number of fused-ring (bicyclic) bond motifs is 6. The van der Waals surface area contributed by atoms with Gasteiger partial charge in [0.05, 0.1) is 62.7 Å². The molecule has 1 spiro atoms. The summed E-state index contributed by atoms with van der Waals surface area (Å²) in [5, 5.41) is 15.1. The average molecular weight is 475 g/mol. The van der Waals surface area contributed by atoms with Gasteiger partial charge in [-0.1, -0.05) is 0 Å². The summed E-state index contributed by atoms with van der Waals surface area (Å²) >= 11 is 0. The summed E-state index contributed by atoms with van der Waals surface area (Å²) in [4.78, 5) is 11.8. The zero-order valence-electron chi connectivity index (χ0n) is 19.9. The van der Waals surface area contributed by atoms with Crippen molar-refractivity contribution in [1.29, 1.82) is 5.26 Å². The second-order valence-corrected chi connectivity index (χ2v) is 9.92. The number of rotatable bonds is 4. The highest BCUT2D eigenvalue weighted by atomic mass is 16.5. The third-order valence-electron chi connectivity index (χ3n) is 7.68. The maximum absolute atomic E-state index is 9.29. The van der Waals surface area contributed by atoms with Crippen LogP contribution in [0.3, 0.4) is 0 Å². The SMILES string of the molecule is CC(Oc1ccc2ncc3c(c2c1)CCOC3)/C1=N/NCN2C(CC#N)COCC23CC(C3)N=C1. The fourth-order valence-corrected chi connectivity index (χ4v) is 5.78. The van der Waals surface area contributed by atoms with Crippen LogP contribution in [0, 0.1) is 11.3 Å². The van der Waals surface area contributed by atoms with Gasteiger partial charge in [0.15, 0.2) is 0 Å². The quantitative estimate of drug-likeness (QED) is 0.726.